The zero-order valence-electron chi connectivity index (χ0n) is 8.39. The summed E-state index contributed by atoms with van der Waals surface area (Å²) in [5, 5.41) is 9.62. The zero-order valence-corrected chi connectivity index (χ0v) is 8.39. The highest BCUT2D eigenvalue weighted by Gasteiger charge is 2.16. The molecule has 3 heteroatoms. The van der Waals surface area contributed by atoms with E-state index in [0.717, 1.165) is 6.42 Å². The lowest BCUT2D eigenvalue weighted by molar-refractivity contribution is 0.296. The average molecular weight is 184 g/mol. The fourth-order valence-electron chi connectivity index (χ4n) is 1.19. The van der Waals surface area contributed by atoms with Crippen LogP contribution in [0.3, 0.4) is 0 Å². The van der Waals surface area contributed by atoms with Gasteiger partial charge >= 0.3 is 0 Å². The standard InChI is InChI=1S/C10H16O3/c1-4-6-12-10-7(3)13-8(5-2)9(10)11/h11H,4-6H2,1-3H3. The highest BCUT2D eigenvalue weighted by molar-refractivity contribution is 5.44. The van der Waals surface area contributed by atoms with E-state index in [9.17, 15) is 5.11 Å². The summed E-state index contributed by atoms with van der Waals surface area (Å²) in [6.45, 7) is 6.36. The smallest absolute Gasteiger partial charge is 0.202 e. The van der Waals surface area contributed by atoms with Gasteiger partial charge in [0.2, 0.25) is 11.5 Å². The van der Waals surface area contributed by atoms with Gasteiger partial charge in [0.1, 0.15) is 11.5 Å². The molecule has 1 aromatic heterocycles. The first kappa shape index (κ1) is 9.96. The third kappa shape index (κ3) is 1.97. The molecule has 0 saturated heterocycles. The molecule has 0 spiro atoms. The van der Waals surface area contributed by atoms with Gasteiger partial charge < -0.3 is 14.3 Å². The van der Waals surface area contributed by atoms with Crippen LogP contribution >= 0.6 is 0 Å². The number of aromatic hydroxyl groups is 1. The van der Waals surface area contributed by atoms with Crippen molar-refractivity contribution in [2.24, 2.45) is 0 Å². The molecule has 3 nitrogen and oxygen atoms in total. The molecular weight excluding hydrogens is 168 g/mol. The first-order valence-corrected chi connectivity index (χ1v) is 4.64. The Labute approximate surface area is 78.3 Å². The first-order chi connectivity index (χ1) is 6.20. The third-order valence-corrected chi connectivity index (χ3v) is 1.85. The van der Waals surface area contributed by atoms with E-state index in [0.29, 0.717) is 30.3 Å². The number of furan rings is 1. The van der Waals surface area contributed by atoms with Gasteiger partial charge in [0.15, 0.2) is 0 Å². The van der Waals surface area contributed by atoms with Crippen molar-refractivity contribution in [2.45, 2.75) is 33.6 Å². The summed E-state index contributed by atoms with van der Waals surface area (Å²) < 4.78 is 10.7. The largest absolute Gasteiger partial charge is 0.502 e. The second-order valence-electron chi connectivity index (χ2n) is 2.96. The number of ether oxygens (including phenoxy) is 1. The maximum Gasteiger partial charge on any atom is 0.202 e. The van der Waals surface area contributed by atoms with Gasteiger partial charge in [-0.3, -0.25) is 0 Å². The van der Waals surface area contributed by atoms with Gasteiger partial charge in [-0.2, -0.15) is 0 Å². The van der Waals surface area contributed by atoms with Gasteiger partial charge in [0.05, 0.1) is 6.61 Å². The minimum absolute atomic E-state index is 0.161. The molecule has 1 aromatic rings. The maximum absolute atomic E-state index is 9.62. The van der Waals surface area contributed by atoms with E-state index in [4.69, 9.17) is 9.15 Å². The van der Waals surface area contributed by atoms with E-state index in [2.05, 4.69) is 0 Å². The van der Waals surface area contributed by atoms with Gasteiger partial charge in [-0.15, -0.1) is 0 Å². The second-order valence-corrected chi connectivity index (χ2v) is 2.96. The fraction of sp³-hybridized carbons (Fsp3) is 0.600. The van der Waals surface area contributed by atoms with Gasteiger partial charge in [0, 0.05) is 6.42 Å². The maximum atomic E-state index is 9.62. The number of rotatable bonds is 4. The van der Waals surface area contributed by atoms with Crippen molar-refractivity contribution < 1.29 is 14.3 Å². The predicted octanol–water partition coefficient (Wildman–Crippen LogP) is 2.64. The van der Waals surface area contributed by atoms with Crippen LogP contribution in [0.1, 0.15) is 31.8 Å². The Hall–Kier alpha value is -1.12. The number of aryl methyl sites for hydroxylation is 2. The number of hydrogen-bond acceptors (Lipinski definition) is 3. The lowest BCUT2D eigenvalue weighted by Crippen LogP contribution is -1.94. The minimum Gasteiger partial charge on any atom is -0.502 e. The topological polar surface area (TPSA) is 42.6 Å². The van der Waals surface area contributed by atoms with Crippen molar-refractivity contribution in [1.82, 2.24) is 0 Å². The van der Waals surface area contributed by atoms with E-state index in [1.54, 1.807) is 6.92 Å². The molecule has 0 aliphatic carbocycles. The van der Waals surface area contributed by atoms with Crippen LogP contribution in [0.4, 0.5) is 0 Å². The molecule has 0 bridgehead atoms. The van der Waals surface area contributed by atoms with Crippen LogP contribution in [0, 0.1) is 6.92 Å². The highest BCUT2D eigenvalue weighted by Crippen LogP contribution is 2.36. The highest BCUT2D eigenvalue weighted by atomic mass is 16.5. The molecule has 0 fully saturated rings. The van der Waals surface area contributed by atoms with Crippen LogP contribution in [0.15, 0.2) is 4.42 Å². The monoisotopic (exact) mass is 184 g/mol. The molecule has 1 N–H and O–H groups in total. The van der Waals surface area contributed by atoms with Crippen molar-refractivity contribution >= 4 is 0 Å². The van der Waals surface area contributed by atoms with E-state index in [-0.39, 0.29) is 5.75 Å². The summed E-state index contributed by atoms with van der Waals surface area (Å²) in [4.78, 5) is 0. The average Bonchev–Trinajstić information content (AvgIpc) is 2.39. The molecule has 0 aromatic carbocycles. The van der Waals surface area contributed by atoms with Crippen LogP contribution < -0.4 is 4.74 Å². The van der Waals surface area contributed by atoms with Gasteiger partial charge in [-0.05, 0) is 13.3 Å². The van der Waals surface area contributed by atoms with E-state index in [1.165, 1.54) is 0 Å². The van der Waals surface area contributed by atoms with E-state index >= 15 is 0 Å². The number of hydrogen-bond donors (Lipinski definition) is 1. The van der Waals surface area contributed by atoms with Crippen LogP contribution in [0.2, 0.25) is 0 Å². The summed E-state index contributed by atoms with van der Waals surface area (Å²) in [5.74, 6) is 1.92. The quantitative estimate of drug-likeness (QED) is 0.782. The molecule has 13 heavy (non-hydrogen) atoms. The molecule has 0 atom stereocenters. The SMILES string of the molecule is CCCOc1c(C)oc(CC)c1O. The Morgan fingerprint density at radius 1 is 1.38 bits per heavy atom. The van der Waals surface area contributed by atoms with E-state index < -0.39 is 0 Å². The molecule has 0 radical (unpaired) electrons. The summed E-state index contributed by atoms with van der Waals surface area (Å²) in [5.41, 5.74) is 0. The Kier molecular flexibility index (Phi) is 3.23. The molecule has 0 aliphatic rings. The summed E-state index contributed by atoms with van der Waals surface area (Å²) in [6.07, 6.45) is 1.60. The molecule has 0 amide bonds. The molecule has 1 heterocycles. The third-order valence-electron chi connectivity index (χ3n) is 1.85. The Morgan fingerprint density at radius 3 is 2.54 bits per heavy atom. The van der Waals surface area contributed by atoms with Crippen LogP contribution in [0.25, 0.3) is 0 Å². The van der Waals surface area contributed by atoms with Crippen molar-refractivity contribution in [3.05, 3.63) is 11.5 Å². The zero-order chi connectivity index (χ0) is 9.84. The lowest BCUT2D eigenvalue weighted by Gasteiger charge is -2.01. The normalized spacial score (nSPS) is 10.4. The molecule has 1 rings (SSSR count). The van der Waals surface area contributed by atoms with Crippen LogP contribution in [0.5, 0.6) is 11.5 Å². The minimum atomic E-state index is 0.161. The van der Waals surface area contributed by atoms with Crippen molar-refractivity contribution in [1.29, 1.82) is 0 Å². The second kappa shape index (κ2) is 4.21. The van der Waals surface area contributed by atoms with Gasteiger partial charge in [-0.1, -0.05) is 13.8 Å². The predicted molar refractivity (Wildman–Crippen MR) is 50.3 cm³/mol. The molecule has 74 valence electrons. The van der Waals surface area contributed by atoms with Crippen molar-refractivity contribution in [3.8, 4) is 11.5 Å². The molecule has 0 aliphatic heterocycles. The molecular formula is C10H16O3. The lowest BCUT2D eigenvalue weighted by atomic mass is 10.3. The van der Waals surface area contributed by atoms with Gasteiger partial charge in [-0.25, -0.2) is 0 Å². The summed E-state index contributed by atoms with van der Waals surface area (Å²) in [7, 11) is 0. The Balaban J connectivity index is 2.85. The fourth-order valence-corrected chi connectivity index (χ4v) is 1.19. The van der Waals surface area contributed by atoms with Crippen molar-refractivity contribution in [2.75, 3.05) is 6.61 Å². The van der Waals surface area contributed by atoms with Crippen LogP contribution in [-0.2, 0) is 6.42 Å². The molecule has 0 unspecified atom stereocenters. The molecule has 0 saturated carbocycles. The Morgan fingerprint density at radius 2 is 2.08 bits per heavy atom. The summed E-state index contributed by atoms with van der Waals surface area (Å²) >= 11 is 0. The Bertz CT molecular complexity index is 276. The van der Waals surface area contributed by atoms with E-state index in [1.807, 2.05) is 13.8 Å². The van der Waals surface area contributed by atoms with Crippen molar-refractivity contribution in [3.63, 3.8) is 0 Å². The first-order valence-electron chi connectivity index (χ1n) is 4.64. The van der Waals surface area contributed by atoms with Crippen LogP contribution in [-0.4, -0.2) is 11.7 Å². The summed E-state index contributed by atoms with van der Waals surface area (Å²) in [6, 6.07) is 0. The van der Waals surface area contributed by atoms with Gasteiger partial charge in [0.25, 0.3) is 0 Å².